The van der Waals surface area contributed by atoms with Gasteiger partial charge in [-0.3, -0.25) is 4.79 Å². The van der Waals surface area contributed by atoms with E-state index >= 15 is 0 Å². The molecule has 4 heteroatoms. The molecule has 1 N–H and O–H groups in total. The number of phenolic OH excluding ortho intramolecular Hbond substituents is 1. The third kappa shape index (κ3) is 2.48. The van der Waals surface area contributed by atoms with E-state index in [9.17, 15) is 9.90 Å². The van der Waals surface area contributed by atoms with Crippen LogP contribution in [0.15, 0.2) is 18.2 Å². The van der Waals surface area contributed by atoms with Gasteiger partial charge in [0.2, 0.25) is 0 Å². The van der Waals surface area contributed by atoms with E-state index in [4.69, 9.17) is 4.74 Å². The van der Waals surface area contributed by atoms with Gasteiger partial charge in [-0.25, -0.2) is 0 Å². The predicted molar refractivity (Wildman–Crippen MR) is 68.8 cm³/mol. The topological polar surface area (TPSA) is 49.8 Å². The fourth-order valence-corrected chi connectivity index (χ4v) is 2.32. The highest BCUT2D eigenvalue weighted by atomic mass is 16.5. The number of methoxy groups -OCH3 is 1. The number of nitrogens with zero attached hydrogens (tertiary/aromatic N) is 1. The maximum atomic E-state index is 12.3. The molecule has 1 aliphatic rings. The summed E-state index contributed by atoms with van der Waals surface area (Å²) < 4.78 is 5.29. The number of hydrogen-bond acceptors (Lipinski definition) is 3. The third-order valence-electron chi connectivity index (χ3n) is 3.60. The summed E-state index contributed by atoms with van der Waals surface area (Å²) in [6.45, 7) is 3.20. The Hall–Kier alpha value is -1.55. The number of ether oxygens (including phenoxy) is 1. The molecule has 0 bridgehead atoms. The quantitative estimate of drug-likeness (QED) is 0.871. The third-order valence-corrected chi connectivity index (χ3v) is 3.60. The molecule has 1 heterocycles. The Kier molecular flexibility index (Phi) is 3.87. The van der Waals surface area contributed by atoms with E-state index in [0.717, 1.165) is 12.8 Å². The summed E-state index contributed by atoms with van der Waals surface area (Å²) in [6.07, 6.45) is 2.01. The second-order valence-corrected chi connectivity index (χ2v) is 4.68. The molecule has 0 atom stereocenters. The van der Waals surface area contributed by atoms with Gasteiger partial charge in [0.1, 0.15) is 5.75 Å². The number of amides is 1. The lowest BCUT2D eigenvalue weighted by Gasteiger charge is -2.31. The summed E-state index contributed by atoms with van der Waals surface area (Å²) in [7, 11) is 1.71. The minimum Gasteiger partial charge on any atom is -0.508 e. The normalized spacial score (nSPS) is 16.9. The van der Waals surface area contributed by atoms with Crippen molar-refractivity contribution in [3.8, 4) is 5.75 Å². The van der Waals surface area contributed by atoms with Crippen LogP contribution < -0.4 is 0 Å². The SMILES string of the molecule is COC1CCN(C(=O)c2cccc(O)c2C)CC1. The highest BCUT2D eigenvalue weighted by Gasteiger charge is 2.24. The Balaban J connectivity index is 2.10. The van der Waals surface area contributed by atoms with Crippen molar-refractivity contribution in [1.29, 1.82) is 0 Å². The zero-order valence-electron chi connectivity index (χ0n) is 10.8. The molecule has 18 heavy (non-hydrogen) atoms. The Bertz CT molecular complexity index is 437. The van der Waals surface area contributed by atoms with Crippen molar-refractivity contribution in [3.63, 3.8) is 0 Å². The van der Waals surface area contributed by atoms with E-state index < -0.39 is 0 Å². The highest BCUT2D eigenvalue weighted by molar-refractivity contribution is 5.96. The van der Waals surface area contributed by atoms with Crippen molar-refractivity contribution in [3.05, 3.63) is 29.3 Å². The summed E-state index contributed by atoms with van der Waals surface area (Å²) >= 11 is 0. The molecule has 4 nitrogen and oxygen atoms in total. The number of aromatic hydroxyl groups is 1. The van der Waals surface area contributed by atoms with Gasteiger partial charge in [-0.15, -0.1) is 0 Å². The maximum Gasteiger partial charge on any atom is 0.254 e. The molecule has 1 saturated heterocycles. The molecular weight excluding hydrogens is 230 g/mol. The first-order valence-electron chi connectivity index (χ1n) is 6.24. The number of rotatable bonds is 2. The van der Waals surface area contributed by atoms with Crippen LogP contribution in [0.1, 0.15) is 28.8 Å². The average Bonchev–Trinajstić information content (AvgIpc) is 2.41. The molecule has 2 rings (SSSR count). The number of hydrogen-bond donors (Lipinski definition) is 1. The predicted octanol–water partition coefficient (Wildman–Crippen LogP) is 1.95. The van der Waals surface area contributed by atoms with Gasteiger partial charge in [0.05, 0.1) is 6.10 Å². The lowest BCUT2D eigenvalue weighted by atomic mass is 10.0. The van der Waals surface area contributed by atoms with Crippen molar-refractivity contribution >= 4 is 5.91 Å². The van der Waals surface area contributed by atoms with E-state index in [0.29, 0.717) is 24.2 Å². The minimum atomic E-state index is -0.00190. The van der Waals surface area contributed by atoms with Crippen molar-refractivity contribution in [2.45, 2.75) is 25.9 Å². The standard InChI is InChI=1S/C14H19NO3/c1-10-12(4-3-5-13(10)16)14(17)15-8-6-11(18-2)7-9-15/h3-5,11,16H,6-9H2,1-2H3. The lowest BCUT2D eigenvalue weighted by Crippen LogP contribution is -2.40. The van der Waals surface area contributed by atoms with Crippen LogP contribution in [-0.2, 0) is 4.74 Å². The Morgan fingerprint density at radius 3 is 2.67 bits per heavy atom. The van der Waals surface area contributed by atoms with Gasteiger partial charge in [-0.05, 0) is 31.9 Å². The van der Waals surface area contributed by atoms with Crippen molar-refractivity contribution in [2.24, 2.45) is 0 Å². The van der Waals surface area contributed by atoms with Gasteiger partial charge in [0.25, 0.3) is 5.91 Å². The van der Waals surface area contributed by atoms with Crippen molar-refractivity contribution < 1.29 is 14.6 Å². The molecule has 1 fully saturated rings. The molecule has 0 saturated carbocycles. The maximum absolute atomic E-state index is 12.3. The zero-order chi connectivity index (χ0) is 13.1. The van der Waals surface area contributed by atoms with Crippen LogP contribution in [0.5, 0.6) is 5.75 Å². The first-order valence-corrected chi connectivity index (χ1v) is 6.24. The number of piperidine rings is 1. The lowest BCUT2D eigenvalue weighted by molar-refractivity contribution is 0.0350. The molecular formula is C14H19NO3. The highest BCUT2D eigenvalue weighted by Crippen LogP contribution is 2.22. The van der Waals surface area contributed by atoms with Gasteiger partial charge in [0, 0.05) is 31.3 Å². The Morgan fingerprint density at radius 1 is 1.39 bits per heavy atom. The second kappa shape index (κ2) is 5.40. The van der Waals surface area contributed by atoms with Gasteiger partial charge in [-0.2, -0.15) is 0 Å². The fraction of sp³-hybridized carbons (Fsp3) is 0.500. The van der Waals surface area contributed by atoms with Crippen LogP contribution in [0.4, 0.5) is 0 Å². The van der Waals surface area contributed by atoms with E-state index in [1.165, 1.54) is 0 Å². The van der Waals surface area contributed by atoms with E-state index in [-0.39, 0.29) is 17.8 Å². The van der Waals surface area contributed by atoms with E-state index in [2.05, 4.69) is 0 Å². The number of carbonyl (C=O) groups excluding carboxylic acids is 1. The molecule has 1 aromatic carbocycles. The molecule has 0 spiro atoms. The van der Waals surface area contributed by atoms with Crippen LogP contribution in [0.25, 0.3) is 0 Å². The molecule has 0 aliphatic carbocycles. The molecule has 0 unspecified atom stereocenters. The van der Waals surface area contributed by atoms with Crippen molar-refractivity contribution in [1.82, 2.24) is 4.90 Å². The Labute approximate surface area is 107 Å². The number of phenols is 1. The first kappa shape index (κ1) is 12.9. The molecule has 1 aliphatic heterocycles. The van der Waals surface area contributed by atoms with Crippen LogP contribution in [0.3, 0.4) is 0 Å². The number of carbonyl (C=O) groups is 1. The van der Waals surface area contributed by atoms with Crippen LogP contribution in [-0.4, -0.2) is 42.2 Å². The monoisotopic (exact) mass is 249 g/mol. The van der Waals surface area contributed by atoms with Gasteiger partial charge < -0.3 is 14.7 Å². The van der Waals surface area contributed by atoms with Crippen LogP contribution in [0, 0.1) is 6.92 Å². The summed E-state index contributed by atoms with van der Waals surface area (Å²) in [5, 5.41) is 9.64. The van der Waals surface area contributed by atoms with Crippen molar-refractivity contribution in [2.75, 3.05) is 20.2 Å². The van der Waals surface area contributed by atoms with Crippen LogP contribution in [0.2, 0.25) is 0 Å². The number of likely N-dealkylation sites (tertiary alicyclic amines) is 1. The molecule has 1 amide bonds. The van der Waals surface area contributed by atoms with Gasteiger partial charge in [-0.1, -0.05) is 6.07 Å². The van der Waals surface area contributed by atoms with E-state index in [1.54, 1.807) is 32.2 Å². The van der Waals surface area contributed by atoms with Crippen LogP contribution >= 0.6 is 0 Å². The fourth-order valence-electron chi connectivity index (χ4n) is 2.32. The first-order chi connectivity index (χ1) is 8.63. The molecule has 1 aromatic rings. The Morgan fingerprint density at radius 2 is 2.06 bits per heavy atom. The summed E-state index contributed by atoms with van der Waals surface area (Å²) in [4.78, 5) is 14.2. The smallest absolute Gasteiger partial charge is 0.254 e. The van der Waals surface area contributed by atoms with Gasteiger partial charge in [0.15, 0.2) is 0 Å². The molecule has 0 radical (unpaired) electrons. The average molecular weight is 249 g/mol. The second-order valence-electron chi connectivity index (χ2n) is 4.68. The summed E-state index contributed by atoms with van der Waals surface area (Å²) in [5.41, 5.74) is 1.24. The number of benzene rings is 1. The zero-order valence-corrected chi connectivity index (χ0v) is 10.8. The molecule has 98 valence electrons. The summed E-state index contributed by atoms with van der Waals surface area (Å²) in [6, 6.07) is 5.07. The van der Waals surface area contributed by atoms with Gasteiger partial charge >= 0.3 is 0 Å². The molecule has 0 aromatic heterocycles. The van der Waals surface area contributed by atoms with E-state index in [1.807, 2.05) is 4.90 Å². The largest absolute Gasteiger partial charge is 0.508 e. The summed E-state index contributed by atoms with van der Waals surface area (Å²) in [5.74, 6) is 0.172. The minimum absolute atomic E-state index is 0.00190.